The fourth-order valence-corrected chi connectivity index (χ4v) is 2.72. The van der Waals surface area contributed by atoms with Gasteiger partial charge in [-0.3, -0.25) is 4.79 Å². The maximum Gasteiger partial charge on any atom is 0.327 e. The van der Waals surface area contributed by atoms with Crippen LogP contribution in [-0.2, 0) is 9.59 Å². The first-order valence-electron chi connectivity index (χ1n) is 8.22. The molecule has 0 bridgehead atoms. The Hall–Kier alpha value is -2.10. The van der Waals surface area contributed by atoms with Crippen LogP contribution in [0.2, 0.25) is 18.1 Å². The van der Waals surface area contributed by atoms with Gasteiger partial charge in [0.05, 0.1) is 0 Å². The van der Waals surface area contributed by atoms with E-state index in [-0.39, 0.29) is 11.5 Å². The summed E-state index contributed by atoms with van der Waals surface area (Å²) >= 11 is 0. The van der Waals surface area contributed by atoms with Gasteiger partial charge in [0.15, 0.2) is 6.10 Å². The van der Waals surface area contributed by atoms with Crippen molar-refractivity contribution in [3.8, 4) is 11.5 Å². The van der Waals surface area contributed by atoms with Crippen LogP contribution in [0.1, 0.15) is 38.9 Å². The molecule has 1 rings (SSSR count). The highest BCUT2D eigenvalue weighted by molar-refractivity contribution is 6.87. The number of carboxylic acid groups (broad SMARTS) is 1. The Kier molecular flexibility index (Phi) is 6.97. The van der Waals surface area contributed by atoms with Crippen LogP contribution in [0, 0.1) is 11.5 Å². The minimum Gasteiger partial charge on any atom is -0.480 e. The summed E-state index contributed by atoms with van der Waals surface area (Å²) in [6, 6.07) is 7.23. The summed E-state index contributed by atoms with van der Waals surface area (Å²) in [7, 11) is -1.84. The normalized spacial score (nSPS) is 14.0. The molecule has 0 spiro atoms. The molecule has 1 aromatic rings. The van der Waals surface area contributed by atoms with E-state index in [0.717, 1.165) is 0 Å². The van der Waals surface area contributed by atoms with Gasteiger partial charge in [0, 0.05) is 6.42 Å². The maximum atomic E-state index is 12.1. The summed E-state index contributed by atoms with van der Waals surface area (Å²) in [6.07, 6.45) is -1.40. The lowest BCUT2D eigenvalue weighted by Gasteiger charge is -2.31. The molecule has 136 valence electrons. The molecule has 1 amide bonds. The van der Waals surface area contributed by atoms with E-state index in [1.54, 1.807) is 30.3 Å². The summed E-state index contributed by atoms with van der Waals surface area (Å²) in [5, 5.41) is 21.8. The zero-order valence-electron chi connectivity index (χ0n) is 15.5. The highest BCUT2D eigenvalue weighted by Gasteiger charge is 2.33. The van der Waals surface area contributed by atoms with E-state index in [2.05, 4.69) is 50.6 Å². The molecule has 5 nitrogen and oxygen atoms in total. The van der Waals surface area contributed by atoms with Crippen molar-refractivity contribution >= 4 is 20.0 Å². The van der Waals surface area contributed by atoms with Crippen molar-refractivity contribution in [3.63, 3.8) is 0 Å². The quantitative estimate of drug-likeness (QED) is 0.556. The van der Waals surface area contributed by atoms with Crippen LogP contribution in [0.25, 0.3) is 0 Å². The Bertz CT molecular complexity index is 668. The third-order valence-electron chi connectivity index (χ3n) is 4.56. The van der Waals surface area contributed by atoms with E-state index in [4.69, 9.17) is 0 Å². The Balaban J connectivity index is 2.79. The third kappa shape index (κ3) is 6.04. The maximum absolute atomic E-state index is 12.1. The lowest BCUT2D eigenvalue weighted by molar-refractivity contribution is -0.143. The van der Waals surface area contributed by atoms with Crippen LogP contribution in [0.3, 0.4) is 0 Å². The largest absolute Gasteiger partial charge is 0.480 e. The van der Waals surface area contributed by atoms with E-state index in [9.17, 15) is 19.8 Å². The third-order valence-corrected chi connectivity index (χ3v) is 9.11. The fourth-order valence-electron chi connectivity index (χ4n) is 1.80. The number of hydrogen-bond acceptors (Lipinski definition) is 3. The lowest BCUT2D eigenvalue weighted by atomic mass is 10.1. The standard InChI is InChI=1S/C19H27NO4Si/c1-19(2,3)25(4,5)13-9-12-15(18(23)24)20-17(22)16(21)14-10-7-6-8-11-14/h6-8,10-11,15-16,21H,12H2,1-5H3,(H,20,22)(H,23,24)/t15-,16+/m1/s1. The average Bonchev–Trinajstić information content (AvgIpc) is 2.52. The number of carboxylic acids is 1. The van der Waals surface area contributed by atoms with E-state index >= 15 is 0 Å². The highest BCUT2D eigenvalue weighted by atomic mass is 28.3. The van der Waals surface area contributed by atoms with Crippen LogP contribution in [-0.4, -0.2) is 36.2 Å². The summed E-state index contributed by atoms with van der Waals surface area (Å²) in [5.74, 6) is 1.02. The predicted octanol–water partition coefficient (Wildman–Crippen LogP) is 2.73. The Labute approximate surface area is 150 Å². The van der Waals surface area contributed by atoms with Crippen molar-refractivity contribution in [1.29, 1.82) is 0 Å². The van der Waals surface area contributed by atoms with Gasteiger partial charge in [-0.05, 0) is 10.6 Å². The van der Waals surface area contributed by atoms with E-state index in [0.29, 0.717) is 5.56 Å². The smallest absolute Gasteiger partial charge is 0.327 e. The number of benzene rings is 1. The monoisotopic (exact) mass is 361 g/mol. The zero-order valence-corrected chi connectivity index (χ0v) is 16.5. The first-order valence-corrected chi connectivity index (χ1v) is 11.2. The Morgan fingerprint density at radius 3 is 2.24 bits per heavy atom. The second-order valence-electron chi connectivity index (χ2n) is 7.59. The molecule has 1 aromatic carbocycles. The molecular weight excluding hydrogens is 334 g/mol. The van der Waals surface area contributed by atoms with Gasteiger partial charge in [-0.1, -0.05) is 64.2 Å². The second-order valence-corrected chi connectivity index (χ2v) is 12.6. The van der Waals surface area contributed by atoms with E-state index < -0.39 is 32.1 Å². The van der Waals surface area contributed by atoms with Gasteiger partial charge in [-0.25, -0.2) is 4.79 Å². The van der Waals surface area contributed by atoms with Gasteiger partial charge < -0.3 is 15.5 Å². The van der Waals surface area contributed by atoms with Crippen molar-refractivity contribution in [2.45, 2.75) is 57.5 Å². The molecule has 0 radical (unpaired) electrons. The molecule has 25 heavy (non-hydrogen) atoms. The highest BCUT2D eigenvalue weighted by Crippen LogP contribution is 2.35. The molecule has 0 unspecified atom stereocenters. The Morgan fingerprint density at radius 2 is 1.76 bits per heavy atom. The van der Waals surface area contributed by atoms with E-state index in [1.807, 2.05) is 0 Å². The summed E-state index contributed by atoms with van der Waals surface area (Å²) in [4.78, 5) is 23.5. The van der Waals surface area contributed by atoms with Crippen molar-refractivity contribution in [3.05, 3.63) is 35.9 Å². The number of carbonyl (C=O) groups excluding carboxylic acids is 1. The van der Waals surface area contributed by atoms with Crippen molar-refractivity contribution in [1.82, 2.24) is 5.32 Å². The van der Waals surface area contributed by atoms with Crippen LogP contribution in [0.5, 0.6) is 0 Å². The first kappa shape index (κ1) is 20.9. The number of aliphatic carboxylic acids is 1. The molecule has 0 heterocycles. The lowest BCUT2D eigenvalue weighted by Crippen LogP contribution is -2.43. The number of rotatable bonds is 5. The molecule has 0 saturated heterocycles. The molecule has 0 aromatic heterocycles. The molecule has 0 aliphatic heterocycles. The Morgan fingerprint density at radius 1 is 1.20 bits per heavy atom. The van der Waals surface area contributed by atoms with Crippen LogP contribution in [0.15, 0.2) is 30.3 Å². The summed E-state index contributed by atoms with van der Waals surface area (Å²) in [5.41, 5.74) is 3.64. The number of amides is 1. The van der Waals surface area contributed by atoms with Gasteiger partial charge in [0.1, 0.15) is 14.1 Å². The van der Waals surface area contributed by atoms with Gasteiger partial charge in [-0.15, -0.1) is 11.5 Å². The number of aliphatic hydroxyl groups is 1. The topological polar surface area (TPSA) is 86.6 Å². The number of carbonyl (C=O) groups is 2. The first-order chi connectivity index (χ1) is 11.5. The molecule has 0 fully saturated rings. The van der Waals surface area contributed by atoms with Crippen LogP contribution in [0.4, 0.5) is 0 Å². The number of nitrogens with one attached hydrogen (secondary N) is 1. The number of aliphatic hydroxyl groups excluding tert-OH is 1. The fraction of sp³-hybridized carbons (Fsp3) is 0.474. The number of hydrogen-bond donors (Lipinski definition) is 3. The molecule has 0 aliphatic rings. The molecule has 3 N–H and O–H groups in total. The average molecular weight is 362 g/mol. The van der Waals surface area contributed by atoms with Crippen molar-refractivity contribution in [2.24, 2.45) is 0 Å². The minimum absolute atomic E-state index is 0.00902. The summed E-state index contributed by atoms with van der Waals surface area (Å²) < 4.78 is 0. The van der Waals surface area contributed by atoms with Crippen molar-refractivity contribution in [2.75, 3.05) is 0 Å². The van der Waals surface area contributed by atoms with Gasteiger partial charge in [0.2, 0.25) is 0 Å². The predicted molar refractivity (Wildman–Crippen MR) is 101 cm³/mol. The van der Waals surface area contributed by atoms with Gasteiger partial charge in [-0.2, -0.15) is 0 Å². The van der Waals surface area contributed by atoms with Crippen LogP contribution < -0.4 is 5.32 Å². The summed E-state index contributed by atoms with van der Waals surface area (Å²) in [6.45, 7) is 10.6. The van der Waals surface area contributed by atoms with Gasteiger partial charge >= 0.3 is 5.97 Å². The molecule has 6 heteroatoms. The molecular formula is C19H27NO4Si. The molecule has 2 atom stereocenters. The molecule has 0 aliphatic carbocycles. The zero-order chi connectivity index (χ0) is 19.3. The van der Waals surface area contributed by atoms with Crippen molar-refractivity contribution < 1.29 is 19.8 Å². The SMILES string of the molecule is CC(C)(C)[Si](C)(C)C#CC[C@@H](NC(=O)[C@@H](O)c1ccccc1)C(=O)O. The van der Waals surface area contributed by atoms with Gasteiger partial charge in [0.25, 0.3) is 5.91 Å². The second kappa shape index (κ2) is 8.32. The van der Waals surface area contributed by atoms with E-state index in [1.165, 1.54) is 0 Å². The minimum atomic E-state index is -1.84. The van der Waals surface area contributed by atoms with Crippen LogP contribution >= 0.6 is 0 Å². The molecule has 0 saturated carbocycles.